The summed E-state index contributed by atoms with van der Waals surface area (Å²) >= 11 is 0. The molecule has 1 aliphatic carbocycles. The van der Waals surface area contributed by atoms with Gasteiger partial charge in [0, 0.05) is 22.7 Å². The maximum absolute atomic E-state index is 13.7. The van der Waals surface area contributed by atoms with E-state index in [-0.39, 0.29) is 11.9 Å². The quantitative estimate of drug-likeness (QED) is 0.247. The topological polar surface area (TPSA) is 133 Å². The number of aromatic amines is 1. The van der Waals surface area contributed by atoms with Crippen molar-refractivity contribution in [2.24, 2.45) is 5.41 Å². The molecule has 202 valence electrons. The summed E-state index contributed by atoms with van der Waals surface area (Å²) in [5.74, 6) is 0.890. The Morgan fingerprint density at radius 1 is 0.976 bits per heavy atom. The van der Waals surface area contributed by atoms with Crippen molar-refractivity contribution in [2.75, 3.05) is 11.1 Å². The highest BCUT2D eigenvalue weighted by molar-refractivity contribution is 5.93. The summed E-state index contributed by atoms with van der Waals surface area (Å²) in [5.41, 5.74) is 10.7. The van der Waals surface area contributed by atoms with Crippen molar-refractivity contribution in [3.8, 4) is 28.6 Å². The maximum Gasteiger partial charge on any atom is 0.249 e. The van der Waals surface area contributed by atoms with Crippen molar-refractivity contribution in [3.63, 3.8) is 0 Å². The molecule has 6 rings (SSSR count). The largest absolute Gasteiger partial charge is 0.384 e. The van der Waals surface area contributed by atoms with Gasteiger partial charge in [-0.25, -0.2) is 4.98 Å². The first-order valence-corrected chi connectivity index (χ1v) is 13.4. The van der Waals surface area contributed by atoms with E-state index in [1.165, 1.54) is 0 Å². The number of nitrogens with two attached hydrogens (primary N) is 1. The second-order valence-corrected chi connectivity index (χ2v) is 11.1. The monoisotopic (exact) mass is 539 g/mol. The van der Waals surface area contributed by atoms with E-state index in [0.29, 0.717) is 18.1 Å². The average Bonchev–Trinajstić information content (AvgIpc) is 3.46. The summed E-state index contributed by atoms with van der Waals surface area (Å²) < 4.78 is 0. The highest BCUT2D eigenvalue weighted by Crippen LogP contribution is 2.48. The molecule has 3 aromatic carbocycles. The Bertz CT molecular complexity index is 1750. The van der Waals surface area contributed by atoms with Crippen molar-refractivity contribution in [3.05, 3.63) is 113 Å². The SMILES string of the molecule is CC(C)(CC1(C#N)c2ccccc2Cc2ccccc21)C(=O)Nc1n[nH]c(-c2cccc(-c3ccc(N)nc3)c2)n1. The van der Waals surface area contributed by atoms with Gasteiger partial charge in [0.05, 0.1) is 6.07 Å². The van der Waals surface area contributed by atoms with Gasteiger partial charge in [0.25, 0.3) is 0 Å². The molecule has 0 unspecified atom stereocenters. The number of fused-ring (bicyclic) bond motifs is 2. The summed E-state index contributed by atoms with van der Waals surface area (Å²) in [6.45, 7) is 3.72. The van der Waals surface area contributed by atoms with Gasteiger partial charge in [-0.3, -0.25) is 15.2 Å². The summed E-state index contributed by atoms with van der Waals surface area (Å²) in [4.78, 5) is 22.4. The normalized spacial score (nSPS) is 13.5. The molecule has 4 N–H and O–H groups in total. The van der Waals surface area contributed by atoms with E-state index >= 15 is 0 Å². The lowest BCUT2D eigenvalue weighted by atomic mass is 9.61. The minimum absolute atomic E-state index is 0.174. The van der Waals surface area contributed by atoms with Crippen LogP contribution < -0.4 is 11.1 Å². The van der Waals surface area contributed by atoms with Gasteiger partial charge < -0.3 is 5.73 Å². The molecule has 0 radical (unpaired) electrons. The number of nitriles is 1. The lowest BCUT2D eigenvalue weighted by Gasteiger charge is -2.40. The molecule has 8 nitrogen and oxygen atoms in total. The number of nitrogens with one attached hydrogen (secondary N) is 2. The van der Waals surface area contributed by atoms with Crippen LogP contribution >= 0.6 is 0 Å². The highest BCUT2D eigenvalue weighted by Gasteiger charge is 2.47. The molecule has 0 aliphatic heterocycles. The lowest BCUT2D eigenvalue weighted by Crippen LogP contribution is -2.41. The molecule has 41 heavy (non-hydrogen) atoms. The number of H-pyrrole nitrogens is 1. The highest BCUT2D eigenvalue weighted by atomic mass is 16.2. The van der Waals surface area contributed by atoms with Gasteiger partial charge in [-0.05, 0) is 58.9 Å². The lowest BCUT2D eigenvalue weighted by molar-refractivity contribution is -0.124. The predicted molar refractivity (Wildman–Crippen MR) is 159 cm³/mol. The maximum atomic E-state index is 13.7. The molecule has 5 aromatic rings. The molecule has 0 bridgehead atoms. The van der Waals surface area contributed by atoms with Crippen molar-refractivity contribution in [1.29, 1.82) is 5.26 Å². The number of hydrogen-bond donors (Lipinski definition) is 3. The second kappa shape index (κ2) is 10.0. The molecule has 0 spiro atoms. The molecule has 1 aliphatic rings. The molecule has 1 amide bonds. The first kappa shape index (κ1) is 26.0. The van der Waals surface area contributed by atoms with Crippen LogP contribution in [-0.2, 0) is 16.6 Å². The smallest absolute Gasteiger partial charge is 0.249 e. The van der Waals surface area contributed by atoms with Gasteiger partial charge in [0.2, 0.25) is 11.9 Å². The standard InChI is InChI=1S/C33H29N7O/c1-32(2,19-33(20-34)26-12-5-3-8-22(26)17-23-9-4-6-13-27(23)33)30(41)38-31-37-29(39-40-31)24-11-7-10-21(16-24)25-14-15-28(35)36-18-25/h3-16,18H,17,19H2,1-2H3,(H2,35,36)(H2,37,38,39,40,41). The number of pyridine rings is 1. The third kappa shape index (κ3) is 4.72. The number of carbonyl (C=O) groups is 1. The van der Waals surface area contributed by atoms with E-state index < -0.39 is 10.8 Å². The van der Waals surface area contributed by atoms with Crippen LogP contribution in [0.5, 0.6) is 0 Å². The van der Waals surface area contributed by atoms with E-state index in [1.54, 1.807) is 12.3 Å². The number of amides is 1. The molecular weight excluding hydrogens is 510 g/mol. The number of aromatic nitrogens is 4. The zero-order valence-corrected chi connectivity index (χ0v) is 22.8. The molecule has 2 heterocycles. The van der Waals surface area contributed by atoms with Crippen LogP contribution in [0.4, 0.5) is 11.8 Å². The van der Waals surface area contributed by atoms with Gasteiger partial charge >= 0.3 is 0 Å². The minimum atomic E-state index is -0.964. The average molecular weight is 540 g/mol. The van der Waals surface area contributed by atoms with E-state index in [2.05, 4.69) is 43.7 Å². The molecule has 2 aromatic heterocycles. The van der Waals surface area contributed by atoms with Crippen molar-refractivity contribution in [2.45, 2.75) is 32.1 Å². The zero-order chi connectivity index (χ0) is 28.6. The number of rotatable bonds is 6. The van der Waals surface area contributed by atoms with Crippen molar-refractivity contribution in [1.82, 2.24) is 20.2 Å². The number of nitrogens with zero attached hydrogens (tertiary/aromatic N) is 4. The van der Waals surface area contributed by atoms with Crippen LogP contribution in [0.3, 0.4) is 0 Å². The van der Waals surface area contributed by atoms with Crippen LogP contribution in [-0.4, -0.2) is 26.1 Å². The fourth-order valence-corrected chi connectivity index (χ4v) is 5.77. The fraction of sp³-hybridized carbons (Fsp3) is 0.182. The van der Waals surface area contributed by atoms with E-state index in [4.69, 9.17) is 5.73 Å². The third-order valence-corrected chi connectivity index (χ3v) is 7.81. The molecular formula is C33H29N7O. The second-order valence-electron chi connectivity index (χ2n) is 11.1. The molecule has 0 fully saturated rings. The molecule has 8 heteroatoms. The number of nitrogen functional groups attached to an aromatic ring is 1. The molecule has 0 saturated heterocycles. The van der Waals surface area contributed by atoms with Gasteiger partial charge in [-0.15, -0.1) is 5.10 Å². The fourth-order valence-electron chi connectivity index (χ4n) is 5.77. The Morgan fingerprint density at radius 3 is 2.32 bits per heavy atom. The number of hydrogen-bond acceptors (Lipinski definition) is 6. The number of carbonyl (C=O) groups excluding carboxylic acids is 1. The van der Waals surface area contributed by atoms with Gasteiger partial charge in [0.1, 0.15) is 11.2 Å². The third-order valence-electron chi connectivity index (χ3n) is 7.81. The summed E-state index contributed by atoms with van der Waals surface area (Å²) in [5, 5.41) is 20.8. The van der Waals surface area contributed by atoms with E-state index in [9.17, 15) is 10.1 Å². The Morgan fingerprint density at radius 2 is 1.66 bits per heavy atom. The van der Waals surface area contributed by atoms with Gasteiger partial charge in [-0.1, -0.05) is 80.6 Å². The van der Waals surface area contributed by atoms with Crippen molar-refractivity contribution >= 4 is 17.7 Å². The van der Waals surface area contributed by atoms with E-state index in [1.807, 2.05) is 80.6 Å². The van der Waals surface area contributed by atoms with Crippen LogP contribution in [0.2, 0.25) is 0 Å². The Labute approximate surface area is 238 Å². The number of anilines is 2. The van der Waals surface area contributed by atoms with Gasteiger partial charge in [-0.2, -0.15) is 10.2 Å². The molecule has 0 atom stereocenters. The Balaban J connectivity index is 1.25. The Kier molecular flexibility index (Phi) is 6.35. The number of benzene rings is 3. The first-order chi connectivity index (χ1) is 19.8. The van der Waals surface area contributed by atoms with Crippen molar-refractivity contribution < 1.29 is 4.79 Å². The van der Waals surface area contributed by atoms with Gasteiger partial charge in [0.15, 0.2) is 5.82 Å². The summed E-state index contributed by atoms with van der Waals surface area (Å²) in [7, 11) is 0. The predicted octanol–water partition coefficient (Wildman–Crippen LogP) is 5.88. The van der Waals surface area contributed by atoms with Crippen LogP contribution in [0.25, 0.3) is 22.5 Å². The first-order valence-electron chi connectivity index (χ1n) is 13.4. The summed E-state index contributed by atoms with van der Waals surface area (Å²) in [6.07, 6.45) is 2.78. The Hall–Kier alpha value is -5.29. The zero-order valence-electron chi connectivity index (χ0n) is 22.8. The van der Waals surface area contributed by atoms with E-state index in [0.717, 1.165) is 45.4 Å². The van der Waals surface area contributed by atoms with Crippen LogP contribution in [0, 0.1) is 16.7 Å². The summed E-state index contributed by atoms with van der Waals surface area (Å²) in [6, 6.07) is 30.1. The van der Waals surface area contributed by atoms with Crippen LogP contribution in [0.1, 0.15) is 42.5 Å². The molecule has 0 saturated carbocycles. The van der Waals surface area contributed by atoms with Crippen LogP contribution in [0.15, 0.2) is 91.1 Å². The minimum Gasteiger partial charge on any atom is -0.384 e.